The highest BCUT2D eigenvalue weighted by Crippen LogP contribution is 2.44. The van der Waals surface area contributed by atoms with E-state index in [2.05, 4.69) is 26.8 Å². The van der Waals surface area contributed by atoms with Gasteiger partial charge in [0.05, 0.1) is 11.7 Å². The molecule has 4 atom stereocenters. The maximum Gasteiger partial charge on any atom is 0.335 e. The van der Waals surface area contributed by atoms with Gasteiger partial charge < -0.3 is 10.2 Å². The van der Waals surface area contributed by atoms with Crippen LogP contribution in [0.2, 0.25) is 0 Å². The Bertz CT molecular complexity index is 599. The number of benzene rings is 1. The predicted octanol–water partition coefficient (Wildman–Crippen LogP) is 4.72. The van der Waals surface area contributed by atoms with Gasteiger partial charge in [-0.15, -0.1) is 0 Å². The lowest BCUT2D eigenvalue weighted by molar-refractivity contribution is 0.0696. The molecular weight excluding hydrogens is 288 g/mol. The van der Waals surface area contributed by atoms with Gasteiger partial charge in [-0.25, -0.2) is 4.79 Å². The Morgan fingerprint density at radius 3 is 2.65 bits per heavy atom. The molecule has 0 bridgehead atoms. The van der Waals surface area contributed by atoms with E-state index >= 15 is 0 Å². The molecule has 0 radical (unpaired) electrons. The molecule has 0 aromatic heterocycles. The summed E-state index contributed by atoms with van der Waals surface area (Å²) in [4.78, 5) is 11.3. The van der Waals surface area contributed by atoms with Crippen LogP contribution in [0.4, 0.5) is 0 Å². The fourth-order valence-corrected chi connectivity index (χ4v) is 3.62. The number of carbonyl (C=O) groups is 1. The largest absolute Gasteiger partial charge is 0.478 e. The molecule has 0 aliphatic heterocycles. The zero-order valence-corrected chi connectivity index (χ0v) is 14.5. The highest BCUT2D eigenvalue weighted by Gasteiger charge is 2.34. The fraction of sp³-hybridized carbons (Fsp3) is 0.550. The van der Waals surface area contributed by atoms with Crippen molar-refractivity contribution in [1.29, 1.82) is 0 Å². The lowest BCUT2D eigenvalue weighted by atomic mass is 9.70. The lowest BCUT2D eigenvalue weighted by Crippen LogP contribution is -2.29. The predicted molar refractivity (Wildman–Crippen MR) is 93.0 cm³/mol. The first-order valence-corrected chi connectivity index (χ1v) is 8.49. The van der Waals surface area contributed by atoms with Gasteiger partial charge in [0.2, 0.25) is 0 Å². The van der Waals surface area contributed by atoms with Gasteiger partial charge in [-0.05, 0) is 68.2 Å². The molecule has 0 spiro atoms. The Balaban J connectivity index is 2.30. The van der Waals surface area contributed by atoms with Crippen LogP contribution in [-0.2, 0) is 0 Å². The van der Waals surface area contributed by atoms with Crippen molar-refractivity contribution in [2.45, 2.75) is 64.9 Å². The molecule has 1 aliphatic carbocycles. The summed E-state index contributed by atoms with van der Waals surface area (Å²) in [7, 11) is 0. The lowest BCUT2D eigenvalue weighted by Gasteiger charge is -2.37. The number of hydrogen-bond acceptors (Lipinski definition) is 2. The van der Waals surface area contributed by atoms with Gasteiger partial charge in [-0.1, -0.05) is 31.6 Å². The molecule has 2 N–H and O–H groups in total. The van der Waals surface area contributed by atoms with Crippen molar-refractivity contribution in [1.82, 2.24) is 0 Å². The van der Waals surface area contributed by atoms with E-state index in [0.29, 0.717) is 17.9 Å². The van der Waals surface area contributed by atoms with Crippen molar-refractivity contribution in [3.05, 3.63) is 46.5 Å². The van der Waals surface area contributed by atoms with Crippen molar-refractivity contribution in [3.8, 4) is 0 Å². The molecule has 0 fully saturated rings. The van der Waals surface area contributed by atoms with Crippen molar-refractivity contribution in [2.75, 3.05) is 0 Å². The van der Waals surface area contributed by atoms with E-state index in [1.807, 2.05) is 19.1 Å². The highest BCUT2D eigenvalue weighted by atomic mass is 16.4. The molecule has 23 heavy (non-hydrogen) atoms. The second-order valence-electron chi connectivity index (χ2n) is 7.18. The van der Waals surface area contributed by atoms with E-state index < -0.39 is 5.97 Å². The van der Waals surface area contributed by atoms with Crippen LogP contribution >= 0.6 is 0 Å². The first kappa shape index (κ1) is 17.7. The van der Waals surface area contributed by atoms with Crippen LogP contribution in [0.1, 0.15) is 80.3 Å². The topological polar surface area (TPSA) is 57.5 Å². The van der Waals surface area contributed by atoms with Crippen LogP contribution in [0.25, 0.3) is 0 Å². The van der Waals surface area contributed by atoms with E-state index in [4.69, 9.17) is 0 Å². The van der Waals surface area contributed by atoms with Crippen molar-refractivity contribution >= 4 is 5.97 Å². The van der Waals surface area contributed by atoms with E-state index in [0.717, 1.165) is 24.0 Å². The number of aromatic carboxylic acids is 1. The second-order valence-corrected chi connectivity index (χ2v) is 7.18. The Morgan fingerprint density at radius 1 is 1.35 bits per heavy atom. The third-order valence-corrected chi connectivity index (χ3v) is 5.16. The number of fused-ring (bicyclic) bond motifs is 1. The van der Waals surface area contributed by atoms with Gasteiger partial charge in [0, 0.05) is 5.92 Å². The Labute approximate surface area is 139 Å². The van der Waals surface area contributed by atoms with Crippen molar-refractivity contribution in [2.24, 2.45) is 5.92 Å². The van der Waals surface area contributed by atoms with E-state index in [1.54, 1.807) is 6.07 Å². The minimum atomic E-state index is -0.887. The highest BCUT2D eigenvalue weighted by molar-refractivity contribution is 5.88. The molecule has 0 heterocycles. The average Bonchev–Trinajstić information content (AvgIpc) is 2.49. The normalized spacial score (nSPS) is 24.7. The van der Waals surface area contributed by atoms with Crippen LogP contribution in [0.3, 0.4) is 0 Å². The van der Waals surface area contributed by atoms with E-state index in [1.165, 1.54) is 5.57 Å². The van der Waals surface area contributed by atoms with Gasteiger partial charge >= 0.3 is 5.97 Å². The quantitative estimate of drug-likeness (QED) is 0.773. The first-order valence-electron chi connectivity index (χ1n) is 8.49. The van der Waals surface area contributed by atoms with Crippen LogP contribution in [-0.4, -0.2) is 22.3 Å². The fourth-order valence-electron chi connectivity index (χ4n) is 3.62. The van der Waals surface area contributed by atoms with Crippen LogP contribution in [0, 0.1) is 5.92 Å². The van der Waals surface area contributed by atoms with Gasteiger partial charge in [-0.3, -0.25) is 0 Å². The minimum absolute atomic E-state index is 0.0640. The number of aliphatic hydroxyl groups is 1. The van der Waals surface area contributed by atoms with Crippen molar-refractivity contribution < 1.29 is 15.0 Å². The standard InChI is InChI=1S/C20H28O3/c1-12(2)6-5-7-13(3)17-11-19(21)14(4)16-9-8-15(20(22)23)10-18(16)17/h6,8-10,13-14,17,19,21H,5,7,11H2,1-4H3,(H,22,23)/t13-,14-,17-,19-/m0/s1. The molecule has 1 aliphatic rings. The Hall–Kier alpha value is -1.61. The summed E-state index contributed by atoms with van der Waals surface area (Å²) in [6, 6.07) is 5.37. The number of rotatable bonds is 5. The SMILES string of the molecule is CC(C)=CCC[C@H](C)[C@@H]1C[C@H](O)[C@@H](C)c2ccc(C(=O)O)cc21. The molecule has 1 aromatic rings. The number of aliphatic hydroxyl groups excluding tert-OH is 1. The van der Waals surface area contributed by atoms with E-state index in [9.17, 15) is 15.0 Å². The summed E-state index contributed by atoms with van der Waals surface area (Å²) < 4.78 is 0. The van der Waals surface area contributed by atoms with E-state index in [-0.39, 0.29) is 17.9 Å². The molecule has 3 heteroatoms. The molecule has 1 aromatic carbocycles. The number of carboxylic acids is 1. The van der Waals surface area contributed by atoms with Gasteiger partial charge in [-0.2, -0.15) is 0 Å². The van der Waals surface area contributed by atoms with Gasteiger partial charge in [0.1, 0.15) is 0 Å². The molecule has 2 rings (SSSR count). The zero-order chi connectivity index (χ0) is 17.1. The average molecular weight is 316 g/mol. The summed E-state index contributed by atoms with van der Waals surface area (Å²) in [5, 5.41) is 19.7. The third kappa shape index (κ3) is 4.03. The maximum absolute atomic E-state index is 11.3. The number of allylic oxidation sites excluding steroid dienone is 2. The summed E-state index contributed by atoms with van der Waals surface area (Å²) in [6.45, 7) is 8.44. The summed E-state index contributed by atoms with van der Waals surface area (Å²) in [5.41, 5.74) is 3.89. The third-order valence-electron chi connectivity index (χ3n) is 5.16. The zero-order valence-electron chi connectivity index (χ0n) is 14.5. The number of carboxylic acid groups (broad SMARTS) is 1. The monoisotopic (exact) mass is 316 g/mol. The van der Waals surface area contributed by atoms with Crippen LogP contribution in [0.15, 0.2) is 29.8 Å². The Morgan fingerprint density at radius 2 is 2.04 bits per heavy atom. The molecule has 0 saturated heterocycles. The smallest absolute Gasteiger partial charge is 0.335 e. The van der Waals surface area contributed by atoms with Crippen LogP contribution < -0.4 is 0 Å². The van der Waals surface area contributed by atoms with Crippen molar-refractivity contribution in [3.63, 3.8) is 0 Å². The van der Waals surface area contributed by atoms with Crippen LogP contribution in [0.5, 0.6) is 0 Å². The minimum Gasteiger partial charge on any atom is -0.478 e. The Kier molecular flexibility index (Phi) is 5.64. The molecule has 0 saturated carbocycles. The summed E-state index contributed by atoms with van der Waals surface area (Å²) in [5.74, 6) is -0.187. The molecule has 0 amide bonds. The first-order chi connectivity index (χ1) is 10.8. The molecule has 126 valence electrons. The van der Waals surface area contributed by atoms with Gasteiger partial charge in [0.25, 0.3) is 0 Å². The maximum atomic E-state index is 11.3. The molecule has 3 nitrogen and oxygen atoms in total. The van der Waals surface area contributed by atoms with Gasteiger partial charge in [0.15, 0.2) is 0 Å². The summed E-state index contributed by atoms with van der Waals surface area (Å²) in [6.07, 6.45) is 4.68. The summed E-state index contributed by atoms with van der Waals surface area (Å²) >= 11 is 0. The molecular formula is C20H28O3. The molecule has 0 unspecified atom stereocenters. The number of hydrogen-bond donors (Lipinski definition) is 2. The second kappa shape index (κ2) is 7.31.